The molecule has 0 N–H and O–H groups in total. The van der Waals surface area contributed by atoms with E-state index in [1.165, 1.54) is 11.3 Å². The van der Waals surface area contributed by atoms with E-state index in [0.717, 1.165) is 10.6 Å². The van der Waals surface area contributed by atoms with Gasteiger partial charge in [0.2, 0.25) is 0 Å². The van der Waals surface area contributed by atoms with Gasteiger partial charge in [-0.05, 0) is 11.4 Å². The minimum Gasteiger partial charge on any atom is -0.455 e. The van der Waals surface area contributed by atoms with Crippen molar-refractivity contribution in [2.45, 2.75) is 0 Å². The first-order chi connectivity index (χ1) is 8.16. The van der Waals surface area contributed by atoms with Gasteiger partial charge in [-0.2, -0.15) is 11.3 Å². The van der Waals surface area contributed by atoms with E-state index in [9.17, 15) is 4.79 Å². The zero-order valence-corrected chi connectivity index (χ0v) is 11.1. The topological polar surface area (TPSA) is 39.2 Å². The molecule has 17 heavy (non-hydrogen) atoms. The number of carbonyl (C=O) groups is 1. The lowest BCUT2D eigenvalue weighted by Gasteiger charge is -1.99. The van der Waals surface area contributed by atoms with E-state index in [0.29, 0.717) is 5.69 Å². The molecule has 2 rings (SSSR count). The molecule has 2 heterocycles. The fourth-order valence-electron chi connectivity index (χ4n) is 1.10. The van der Waals surface area contributed by atoms with Crippen molar-refractivity contribution >= 4 is 40.2 Å². The molecule has 3 nitrogen and oxygen atoms in total. The van der Waals surface area contributed by atoms with Crippen LogP contribution in [0.5, 0.6) is 0 Å². The quantitative estimate of drug-likeness (QED) is 0.803. The largest absolute Gasteiger partial charge is 0.455 e. The van der Waals surface area contributed by atoms with E-state index in [2.05, 4.69) is 11.6 Å². The van der Waals surface area contributed by atoms with Gasteiger partial charge < -0.3 is 4.74 Å². The van der Waals surface area contributed by atoms with Crippen molar-refractivity contribution in [2.75, 3.05) is 6.61 Å². The van der Waals surface area contributed by atoms with E-state index in [1.807, 2.05) is 16.8 Å². The van der Waals surface area contributed by atoms with Crippen LogP contribution in [0.4, 0.5) is 0 Å². The Balaban J connectivity index is 2.08. The summed E-state index contributed by atoms with van der Waals surface area (Å²) in [4.78, 5) is 15.8. The van der Waals surface area contributed by atoms with Crippen molar-refractivity contribution in [3.63, 3.8) is 0 Å². The van der Waals surface area contributed by atoms with Crippen LogP contribution in [0.1, 0.15) is 10.5 Å². The molecule has 2 aromatic rings. The summed E-state index contributed by atoms with van der Waals surface area (Å²) >= 11 is 8.50. The molecular weight excluding hydrogens is 278 g/mol. The highest BCUT2D eigenvalue weighted by Gasteiger charge is 2.13. The lowest BCUT2D eigenvalue weighted by molar-refractivity contribution is 0.0540. The minimum atomic E-state index is -0.482. The molecule has 0 saturated heterocycles. The Bertz CT molecular complexity index is 533. The van der Waals surface area contributed by atoms with E-state index >= 15 is 0 Å². The lowest BCUT2D eigenvalue weighted by atomic mass is 10.3. The highest BCUT2D eigenvalue weighted by molar-refractivity contribution is 7.14. The molecule has 0 unspecified atom stereocenters. The van der Waals surface area contributed by atoms with E-state index in [-0.39, 0.29) is 11.6 Å². The molecule has 88 valence electrons. The number of esters is 1. The Kier molecular flexibility index (Phi) is 3.93. The van der Waals surface area contributed by atoms with Gasteiger partial charge in [0.05, 0.1) is 0 Å². The summed E-state index contributed by atoms with van der Waals surface area (Å²) in [5.74, 6) is -0.482. The van der Waals surface area contributed by atoms with Gasteiger partial charge in [-0.1, -0.05) is 18.2 Å². The van der Waals surface area contributed by atoms with Crippen LogP contribution >= 0.6 is 34.3 Å². The third-order valence-electron chi connectivity index (χ3n) is 1.84. The Hall–Kier alpha value is -1.17. The lowest BCUT2D eigenvalue weighted by Crippen LogP contribution is -2.06. The molecule has 0 saturated carbocycles. The summed E-state index contributed by atoms with van der Waals surface area (Å²) < 4.78 is 4.90. The predicted octanol–water partition coefficient (Wildman–Crippen LogP) is 3.78. The van der Waals surface area contributed by atoms with Crippen molar-refractivity contribution < 1.29 is 9.53 Å². The van der Waals surface area contributed by atoms with Crippen molar-refractivity contribution in [1.29, 1.82) is 0 Å². The number of aromatic nitrogens is 1. The van der Waals surface area contributed by atoms with Gasteiger partial charge >= 0.3 is 5.97 Å². The van der Waals surface area contributed by atoms with Crippen LogP contribution in [0.3, 0.4) is 0 Å². The second-order valence-electron chi connectivity index (χ2n) is 3.14. The van der Waals surface area contributed by atoms with Crippen molar-refractivity contribution in [1.82, 2.24) is 4.98 Å². The predicted molar refractivity (Wildman–Crippen MR) is 70.7 cm³/mol. The third-order valence-corrected chi connectivity index (χ3v) is 3.53. The van der Waals surface area contributed by atoms with Crippen LogP contribution in [0.2, 0.25) is 0 Å². The number of rotatable bonds is 4. The summed E-state index contributed by atoms with van der Waals surface area (Å²) in [6.07, 6.45) is 0. The van der Waals surface area contributed by atoms with Gasteiger partial charge in [0.1, 0.15) is 11.6 Å². The summed E-state index contributed by atoms with van der Waals surface area (Å²) in [5, 5.41) is 6.71. The maximum atomic E-state index is 11.6. The number of ether oxygens (including phenoxy) is 1. The maximum absolute atomic E-state index is 11.6. The molecular formula is C11H8ClNO2S2. The van der Waals surface area contributed by atoms with Crippen molar-refractivity contribution in [3.05, 3.63) is 39.5 Å². The number of halogens is 1. The zero-order valence-electron chi connectivity index (χ0n) is 8.68. The van der Waals surface area contributed by atoms with Gasteiger partial charge in [0.15, 0.2) is 5.69 Å². The number of thiazole rings is 1. The number of hydrogen-bond donors (Lipinski definition) is 0. The number of nitrogens with zero attached hydrogens (tertiary/aromatic N) is 1. The molecule has 0 spiro atoms. The van der Waals surface area contributed by atoms with Gasteiger partial charge in [-0.3, -0.25) is 0 Å². The van der Waals surface area contributed by atoms with Crippen LogP contribution in [0.25, 0.3) is 10.6 Å². The van der Waals surface area contributed by atoms with Gasteiger partial charge in [0, 0.05) is 21.4 Å². The number of thiophene rings is 1. The average molecular weight is 286 g/mol. The second-order valence-corrected chi connectivity index (χ2v) is 5.32. The van der Waals surface area contributed by atoms with Crippen LogP contribution < -0.4 is 0 Å². The van der Waals surface area contributed by atoms with Gasteiger partial charge in [-0.25, -0.2) is 9.78 Å². The molecule has 0 amide bonds. The van der Waals surface area contributed by atoms with E-state index in [4.69, 9.17) is 16.3 Å². The first-order valence-corrected chi connectivity index (χ1v) is 6.85. The monoisotopic (exact) mass is 285 g/mol. The summed E-state index contributed by atoms with van der Waals surface area (Å²) in [5.41, 5.74) is 1.31. The van der Waals surface area contributed by atoms with Crippen LogP contribution in [0.15, 0.2) is 33.8 Å². The highest BCUT2D eigenvalue weighted by Crippen LogP contribution is 2.25. The molecule has 2 aromatic heterocycles. The smallest absolute Gasteiger partial charge is 0.358 e. The standard InChI is InChI=1S/C11H8ClNO2S2/c1-7(12)4-15-11(14)9-6-17-10(13-9)8-2-3-16-5-8/h2-3,5-6H,1,4H2. The molecule has 0 aliphatic carbocycles. The van der Waals surface area contributed by atoms with Crippen LogP contribution in [0, 0.1) is 0 Å². The summed E-state index contributed by atoms with van der Waals surface area (Å²) in [6.45, 7) is 3.44. The molecule has 0 radical (unpaired) electrons. The summed E-state index contributed by atoms with van der Waals surface area (Å²) in [7, 11) is 0. The van der Waals surface area contributed by atoms with E-state index < -0.39 is 5.97 Å². The van der Waals surface area contributed by atoms with Gasteiger partial charge in [-0.15, -0.1) is 11.3 Å². The molecule has 0 bridgehead atoms. The normalized spacial score (nSPS) is 10.2. The molecule has 6 heteroatoms. The molecule has 0 aromatic carbocycles. The van der Waals surface area contributed by atoms with Crippen molar-refractivity contribution in [3.8, 4) is 10.6 Å². The second kappa shape index (κ2) is 5.44. The van der Waals surface area contributed by atoms with Crippen LogP contribution in [-0.4, -0.2) is 17.6 Å². The highest BCUT2D eigenvalue weighted by atomic mass is 35.5. The molecule has 0 atom stereocenters. The first kappa shape index (κ1) is 12.3. The van der Waals surface area contributed by atoms with Crippen molar-refractivity contribution in [2.24, 2.45) is 0 Å². The van der Waals surface area contributed by atoms with Crippen LogP contribution in [-0.2, 0) is 4.74 Å². The Morgan fingerprint density at radius 1 is 1.53 bits per heavy atom. The maximum Gasteiger partial charge on any atom is 0.358 e. The average Bonchev–Trinajstić information content (AvgIpc) is 2.94. The Labute approximate surface area is 111 Å². The fourth-order valence-corrected chi connectivity index (χ4v) is 2.66. The Morgan fingerprint density at radius 3 is 3.00 bits per heavy atom. The zero-order chi connectivity index (χ0) is 12.3. The minimum absolute atomic E-state index is 0.00565. The molecule has 0 fully saturated rings. The number of hydrogen-bond acceptors (Lipinski definition) is 5. The first-order valence-electron chi connectivity index (χ1n) is 4.65. The summed E-state index contributed by atoms with van der Waals surface area (Å²) in [6, 6.07) is 1.96. The fraction of sp³-hybridized carbons (Fsp3) is 0.0909. The molecule has 0 aliphatic heterocycles. The number of carbonyl (C=O) groups excluding carboxylic acids is 1. The van der Waals surface area contributed by atoms with E-state index in [1.54, 1.807) is 16.7 Å². The Morgan fingerprint density at radius 2 is 2.35 bits per heavy atom. The third kappa shape index (κ3) is 3.15. The SMILES string of the molecule is C=C(Cl)COC(=O)c1csc(-c2ccsc2)n1. The molecule has 0 aliphatic rings. The van der Waals surface area contributed by atoms with Gasteiger partial charge in [0.25, 0.3) is 0 Å².